The van der Waals surface area contributed by atoms with E-state index in [0.717, 1.165) is 16.5 Å². The molecule has 0 aliphatic rings. The molecule has 0 aromatic heterocycles. The first-order valence-electron chi connectivity index (χ1n) is 1.79. The Morgan fingerprint density at radius 2 is 1.78 bits per heavy atom. The van der Waals surface area contributed by atoms with Crippen molar-refractivity contribution < 1.29 is 48.0 Å². The van der Waals surface area contributed by atoms with Crippen molar-refractivity contribution in [1.82, 2.24) is 0 Å². The third-order valence-electron chi connectivity index (χ3n) is 0.394. The second-order valence-corrected chi connectivity index (χ2v) is 4.12. The van der Waals surface area contributed by atoms with E-state index >= 15 is 0 Å². The fraction of sp³-hybridized carbons (Fsp3) is 1.00. The van der Waals surface area contributed by atoms with Crippen LogP contribution in [0.25, 0.3) is 0 Å². The zero-order chi connectivity index (χ0) is 5.91. The number of hydrogen-bond donors (Lipinski definition) is 0. The average molecular weight is 224 g/mol. The predicted octanol–water partition coefficient (Wildman–Crippen LogP) is -5.24. The summed E-state index contributed by atoms with van der Waals surface area (Å²) in [6.45, 7) is 0. The fourth-order valence-corrected chi connectivity index (χ4v) is 2.76. The minimum atomic E-state index is -3.89. The van der Waals surface area contributed by atoms with Gasteiger partial charge in [-0.2, -0.15) is 0 Å². The molecule has 0 fully saturated rings. The Morgan fingerprint density at radius 1 is 1.44 bits per heavy atom. The summed E-state index contributed by atoms with van der Waals surface area (Å²) in [6.07, 6.45) is 0. The molecule has 0 aromatic rings. The van der Waals surface area contributed by atoms with Crippen molar-refractivity contribution in [3.05, 3.63) is 0 Å². The molecule has 0 aliphatic heterocycles. The van der Waals surface area contributed by atoms with E-state index in [0.29, 0.717) is 5.25 Å². The molecular formula is C2H8GeNaO4S. The van der Waals surface area contributed by atoms with Crippen molar-refractivity contribution in [2.75, 3.05) is 5.75 Å². The van der Waals surface area contributed by atoms with E-state index in [9.17, 15) is 13.0 Å². The molecule has 0 atom stereocenters. The van der Waals surface area contributed by atoms with Gasteiger partial charge in [-0.25, -0.2) is 0 Å². The maximum atomic E-state index is 9.70. The van der Waals surface area contributed by atoms with Gasteiger partial charge in [0.25, 0.3) is 0 Å². The molecule has 9 heavy (non-hydrogen) atoms. The molecule has 7 heteroatoms. The van der Waals surface area contributed by atoms with Crippen LogP contribution in [0.5, 0.6) is 0 Å². The van der Waals surface area contributed by atoms with E-state index in [-0.39, 0.29) is 40.8 Å². The van der Waals surface area contributed by atoms with E-state index in [1.807, 2.05) is 0 Å². The second-order valence-electron chi connectivity index (χ2n) is 1.12. The first-order chi connectivity index (χ1) is 3.06. The van der Waals surface area contributed by atoms with Gasteiger partial charge in [0, 0.05) is 0 Å². The molecule has 0 saturated carbocycles. The summed E-state index contributed by atoms with van der Waals surface area (Å²) in [6, 6.07) is 0. The molecule has 0 rings (SSSR count). The summed E-state index contributed by atoms with van der Waals surface area (Å²) < 4.78 is 29.1. The van der Waals surface area contributed by atoms with Crippen LogP contribution in [0.3, 0.4) is 0 Å². The first kappa shape index (κ1) is 16.8. The minimum Gasteiger partial charge on any atom is 1.00 e. The third-order valence-corrected chi connectivity index (χ3v) is 3.00. The van der Waals surface area contributed by atoms with Crippen LogP contribution < -0.4 is 29.6 Å². The topological polar surface area (TPSA) is 88.7 Å². The van der Waals surface area contributed by atoms with Crippen molar-refractivity contribution in [3.8, 4) is 0 Å². The van der Waals surface area contributed by atoms with Gasteiger partial charge >= 0.3 is 80.2 Å². The Labute approximate surface area is 85.0 Å². The minimum absolute atomic E-state index is 0. The summed E-state index contributed by atoms with van der Waals surface area (Å²) in [5.74, 6) is -0.188. The van der Waals surface area contributed by atoms with E-state index < -0.39 is 10.1 Å². The molecule has 0 aromatic carbocycles. The van der Waals surface area contributed by atoms with Gasteiger partial charge in [-0.15, -0.1) is 0 Å². The van der Waals surface area contributed by atoms with Gasteiger partial charge in [0.2, 0.25) is 0 Å². The Morgan fingerprint density at radius 3 is 1.78 bits per heavy atom. The van der Waals surface area contributed by atoms with Crippen molar-refractivity contribution in [3.63, 3.8) is 0 Å². The molecular weight excluding hydrogens is 216 g/mol. The predicted molar refractivity (Wildman–Crippen MR) is 31.5 cm³/mol. The quantitative estimate of drug-likeness (QED) is 0.346. The molecule has 0 aliphatic carbocycles. The monoisotopic (exact) mass is 225 g/mol. The normalized spacial score (nSPS) is 9.11. The molecule has 0 heterocycles. The van der Waals surface area contributed by atoms with Crippen LogP contribution in [-0.4, -0.2) is 40.7 Å². The van der Waals surface area contributed by atoms with Crippen molar-refractivity contribution in [1.29, 1.82) is 0 Å². The van der Waals surface area contributed by atoms with Crippen molar-refractivity contribution >= 4 is 26.6 Å². The van der Waals surface area contributed by atoms with Gasteiger partial charge in [0.15, 0.2) is 0 Å². The molecule has 0 unspecified atom stereocenters. The van der Waals surface area contributed by atoms with Crippen molar-refractivity contribution in [2.45, 2.75) is 5.25 Å². The van der Waals surface area contributed by atoms with Crippen LogP contribution >= 0.6 is 0 Å². The molecule has 0 bridgehead atoms. The Kier molecular flexibility index (Phi) is 14.0. The zero-order valence-corrected chi connectivity index (χ0v) is 11.0. The Hall–Kier alpha value is 1.41. The van der Waals surface area contributed by atoms with Crippen LogP contribution in [0.15, 0.2) is 0 Å². The Balaban J connectivity index is -0.000000180. The molecule has 0 amide bonds. The van der Waals surface area contributed by atoms with Crippen LogP contribution in [-0.2, 0) is 10.1 Å². The fourth-order valence-electron chi connectivity index (χ4n) is 0.177. The van der Waals surface area contributed by atoms with E-state index in [1.54, 1.807) is 0 Å². The van der Waals surface area contributed by atoms with Gasteiger partial charge in [-0.3, -0.25) is 0 Å². The summed E-state index contributed by atoms with van der Waals surface area (Å²) in [7, 11) is -3.89. The maximum Gasteiger partial charge on any atom is 1.00 e. The van der Waals surface area contributed by atoms with Crippen LogP contribution in [0.2, 0.25) is 5.25 Å². The second kappa shape index (κ2) is 7.52. The number of hydrogen-bond acceptors (Lipinski definition) is 3. The van der Waals surface area contributed by atoms with E-state index in [2.05, 4.69) is 0 Å². The summed E-state index contributed by atoms with van der Waals surface area (Å²) >= 11 is 0.876. The smallest absolute Gasteiger partial charge is 1.00 e. The van der Waals surface area contributed by atoms with Crippen LogP contribution in [0.4, 0.5) is 0 Å². The molecule has 0 spiro atoms. The molecule has 2 N–H and O–H groups in total. The third kappa shape index (κ3) is 17.7. The summed E-state index contributed by atoms with van der Waals surface area (Å²) in [5.41, 5.74) is 0. The SMILES string of the molecule is O.O=S(=O)([O-])C[CH2][GeH2].[Na+]. The molecule has 4 nitrogen and oxygen atoms in total. The maximum absolute atomic E-state index is 9.70. The summed E-state index contributed by atoms with van der Waals surface area (Å²) in [4.78, 5) is 0. The largest absolute Gasteiger partial charge is 1.00 e. The molecule has 51 valence electrons. The van der Waals surface area contributed by atoms with E-state index in [4.69, 9.17) is 0 Å². The van der Waals surface area contributed by atoms with E-state index in [1.165, 1.54) is 0 Å². The average Bonchev–Trinajstić information content (AvgIpc) is 1.30. The summed E-state index contributed by atoms with van der Waals surface area (Å²) in [5, 5.41) is 0.534. The van der Waals surface area contributed by atoms with Gasteiger partial charge < -0.3 is 5.48 Å². The van der Waals surface area contributed by atoms with Gasteiger partial charge in [0.05, 0.1) is 0 Å². The zero-order valence-electron chi connectivity index (χ0n) is 5.25. The number of rotatable bonds is 2. The van der Waals surface area contributed by atoms with Crippen molar-refractivity contribution in [2.24, 2.45) is 0 Å². The molecule has 0 saturated heterocycles. The van der Waals surface area contributed by atoms with Crippen LogP contribution in [0, 0.1) is 0 Å². The molecule has 1 radical (unpaired) electrons. The van der Waals surface area contributed by atoms with Crippen LogP contribution in [0.1, 0.15) is 0 Å². The Bertz CT molecular complexity index is 132. The van der Waals surface area contributed by atoms with Gasteiger partial charge in [0.1, 0.15) is 0 Å². The van der Waals surface area contributed by atoms with Gasteiger partial charge in [-0.05, 0) is 0 Å². The first-order valence-corrected chi connectivity index (χ1v) is 5.46. The van der Waals surface area contributed by atoms with Gasteiger partial charge in [-0.1, -0.05) is 0 Å². The standard InChI is InChI=1S/C2H7GeO3S.Na.H2O/c3-1-2-7(4,5)6;;/h1-3H2,(H,4,5,6);;1H2/q;+1;/p-1.